The maximum Gasteiger partial charge on any atom is 0.0923 e. The topological polar surface area (TPSA) is 46.0 Å². The van der Waals surface area contributed by atoms with Gasteiger partial charge in [0, 0.05) is 0 Å². The SMILES string of the molecule is CC(C)c1nnsc1C(O)CC1Cc2ccccc21. The number of fused-ring (bicyclic) bond motifs is 1. The van der Waals surface area contributed by atoms with E-state index in [1.807, 2.05) is 0 Å². The van der Waals surface area contributed by atoms with Crippen LogP contribution in [0.4, 0.5) is 0 Å². The Morgan fingerprint density at radius 2 is 2.16 bits per heavy atom. The van der Waals surface area contributed by atoms with Crippen LogP contribution in [0.15, 0.2) is 24.3 Å². The van der Waals surface area contributed by atoms with Crippen LogP contribution in [-0.4, -0.2) is 14.7 Å². The fourth-order valence-electron chi connectivity index (χ4n) is 2.79. The minimum absolute atomic E-state index is 0.317. The minimum Gasteiger partial charge on any atom is -0.387 e. The smallest absolute Gasteiger partial charge is 0.0923 e. The van der Waals surface area contributed by atoms with Gasteiger partial charge >= 0.3 is 0 Å². The molecule has 2 unspecified atom stereocenters. The summed E-state index contributed by atoms with van der Waals surface area (Å²) in [5, 5.41) is 14.6. The van der Waals surface area contributed by atoms with E-state index in [1.54, 1.807) is 0 Å². The molecule has 0 amide bonds. The van der Waals surface area contributed by atoms with Crippen molar-refractivity contribution in [3.8, 4) is 0 Å². The molecule has 0 aliphatic heterocycles. The highest BCUT2D eigenvalue weighted by atomic mass is 32.1. The van der Waals surface area contributed by atoms with Crippen molar-refractivity contribution in [1.29, 1.82) is 0 Å². The van der Waals surface area contributed by atoms with Crippen LogP contribution in [0.5, 0.6) is 0 Å². The molecular weight excluding hydrogens is 256 g/mol. The Morgan fingerprint density at radius 3 is 2.89 bits per heavy atom. The number of hydrogen-bond acceptors (Lipinski definition) is 4. The largest absolute Gasteiger partial charge is 0.387 e. The number of benzene rings is 1. The second kappa shape index (κ2) is 5.02. The van der Waals surface area contributed by atoms with Gasteiger partial charge < -0.3 is 5.11 Å². The van der Waals surface area contributed by atoms with Gasteiger partial charge in [0.15, 0.2) is 0 Å². The van der Waals surface area contributed by atoms with Crippen molar-refractivity contribution in [3.63, 3.8) is 0 Å². The Balaban J connectivity index is 1.73. The average Bonchev–Trinajstić information content (AvgIpc) is 2.85. The van der Waals surface area contributed by atoms with Gasteiger partial charge in [-0.2, -0.15) is 0 Å². The molecular formula is C15H18N2OS. The van der Waals surface area contributed by atoms with Gasteiger partial charge in [0.2, 0.25) is 0 Å². The number of aromatic nitrogens is 2. The number of hydrogen-bond donors (Lipinski definition) is 1. The summed E-state index contributed by atoms with van der Waals surface area (Å²) in [7, 11) is 0. The molecule has 4 heteroatoms. The van der Waals surface area contributed by atoms with E-state index in [2.05, 4.69) is 47.7 Å². The number of aliphatic hydroxyl groups is 1. The van der Waals surface area contributed by atoms with Crippen LogP contribution in [0, 0.1) is 0 Å². The molecule has 1 aromatic heterocycles. The van der Waals surface area contributed by atoms with Crippen LogP contribution in [0.1, 0.15) is 59.9 Å². The van der Waals surface area contributed by atoms with Crippen LogP contribution in [0.3, 0.4) is 0 Å². The zero-order valence-electron chi connectivity index (χ0n) is 11.2. The fraction of sp³-hybridized carbons (Fsp3) is 0.467. The molecule has 2 aromatic rings. The first-order valence-electron chi connectivity index (χ1n) is 6.74. The van der Waals surface area contributed by atoms with Gasteiger partial charge in [0.1, 0.15) is 0 Å². The van der Waals surface area contributed by atoms with Gasteiger partial charge in [-0.1, -0.05) is 42.6 Å². The van der Waals surface area contributed by atoms with Crippen LogP contribution in [-0.2, 0) is 6.42 Å². The summed E-state index contributed by atoms with van der Waals surface area (Å²) in [4.78, 5) is 0.944. The molecule has 19 heavy (non-hydrogen) atoms. The summed E-state index contributed by atoms with van der Waals surface area (Å²) in [5.41, 5.74) is 3.77. The van der Waals surface area contributed by atoms with Gasteiger partial charge in [-0.15, -0.1) is 5.10 Å². The van der Waals surface area contributed by atoms with Crippen molar-refractivity contribution in [2.75, 3.05) is 0 Å². The van der Waals surface area contributed by atoms with E-state index >= 15 is 0 Å². The Labute approximate surface area is 117 Å². The van der Waals surface area contributed by atoms with E-state index in [9.17, 15) is 5.11 Å². The van der Waals surface area contributed by atoms with Crippen molar-refractivity contribution in [2.45, 2.75) is 44.6 Å². The zero-order valence-corrected chi connectivity index (χ0v) is 12.0. The lowest BCUT2D eigenvalue weighted by atomic mass is 9.74. The second-order valence-electron chi connectivity index (χ2n) is 5.53. The minimum atomic E-state index is -0.434. The summed E-state index contributed by atoms with van der Waals surface area (Å²) in [5.74, 6) is 0.797. The number of nitrogens with zero attached hydrogens (tertiary/aromatic N) is 2. The van der Waals surface area contributed by atoms with Gasteiger partial charge in [-0.05, 0) is 47.3 Å². The number of aliphatic hydroxyl groups excluding tert-OH is 1. The highest BCUT2D eigenvalue weighted by Crippen LogP contribution is 2.42. The van der Waals surface area contributed by atoms with Crippen molar-refractivity contribution >= 4 is 11.5 Å². The maximum absolute atomic E-state index is 10.4. The normalized spacial score (nSPS) is 19.1. The molecule has 0 fully saturated rings. The summed E-state index contributed by atoms with van der Waals surface area (Å²) >= 11 is 1.33. The van der Waals surface area contributed by atoms with Gasteiger partial charge in [-0.3, -0.25) is 0 Å². The fourth-order valence-corrected chi connectivity index (χ4v) is 3.59. The molecule has 3 rings (SSSR count). The summed E-state index contributed by atoms with van der Waals surface area (Å²) in [6.45, 7) is 4.18. The first kappa shape index (κ1) is 12.8. The third-order valence-corrected chi connectivity index (χ3v) is 4.70. The summed E-state index contributed by atoms with van der Waals surface area (Å²) < 4.78 is 3.99. The maximum atomic E-state index is 10.4. The molecule has 0 saturated heterocycles. The Hall–Kier alpha value is -1.26. The van der Waals surface area contributed by atoms with Crippen molar-refractivity contribution in [1.82, 2.24) is 9.59 Å². The summed E-state index contributed by atoms with van der Waals surface area (Å²) in [6, 6.07) is 8.50. The summed E-state index contributed by atoms with van der Waals surface area (Å²) in [6.07, 6.45) is 1.42. The van der Waals surface area contributed by atoms with E-state index < -0.39 is 6.10 Å². The van der Waals surface area contributed by atoms with Gasteiger partial charge in [0.05, 0.1) is 16.7 Å². The molecule has 1 aliphatic carbocycles. The molecule has 1 N–H and O–H groups in total. The molecule has 100 valence electrons. The van der Waals surface area contributed by atoms with E-state index in [1.165, 1.54) is 22.7 Å². The molecule has 0 bridgehead atoms. The molecule has 3 nitrogen and oxygen atoms in total. The zero-order chi connectivity index (χ0) is 13.4. The Bertz CT molecular complexity index is 579. The monoisotopic (exact) mass is 274 g/mol. The Morgan fingerprint density at radius 1 is 1.37 bits per heavy atom. The van der Waals surface area contributed by atoms with Crippen LogP contribution >= 0.6 is 11.5 Å². The van der Waals surface area contributed by atoms with E-state index in [4.69, 9.17) is 0 Å². The lowest BCUT2D eigenvalue weighted by Gasteiger charge is -2.31. The highest BCUT2D eigenvalue weighted by molar-refractivity contribution is 7.05. The lowest BCUT2D eigenvalue weighted by molar-refractivity contribution is 0.155. The van der Waals surface area contributed by atoms with Crippen LogP contribution in [0.25, 0.3) is 0 Å². The van der Waals surface area contributed by atoms with E-state index in [0.717, 1.165) is 23.4 Å². The third-order valence-electron chi connectivity index (χ3n) is 3.86. The first-order chi connectivity index (χ1) is 9.16. The molecule has 2 atom stereocenters. The van der Waals surface area contributed by atoms with E-state index in [-0.39, 0.29) is 0 Å². The standard InChI is InChI=1S/C15H18N2OS/c1-9(2)14-15(19-17-16-14)13(18)8-11-7-10-5-3-4-6-12(10)11/h3-6,9,11,13,18H,7-8H2,1-2H3. The average molecular weight is 274 g/mol. The second-order valence-corrected chi connectivity index (χ2v) is 6.31. The molecule has 1 heterocycles. The lowest BCUT2D eigenvalue weighted by Crippen LogP contribution is -2.19. The number of rotatable bonds is 4. The van der Waals surface area contributed by atoms with Crippen molar-refractivity contribution in [3.05, 3.63) is 46.0 Å². The molecule has 0 radical (unpaired) electrons. The predicted molar refractivity (Wildman–Crippen MR) is 76.5 cm³/mol. The van der Waals surface area contributed by atoms with Crippen molar-refractivity contribution in [2.24, 2.45) is 0 Å². The third kappa shape index (κ3) is 2.30. The molecule has 0 saturated carbocycles. The quantitative estimate of drug-likeness (QED) is 0.929. The van der Waals surface area contributed by atoms with Gasteiger partial charge in [-0.25, -0.2) is 0 Å². The Kier molecular flexibility index (Phi) is 3.37. The van der Waals surface area contributed by atoms with E-state index in [0.29, 0.717) is 11.8 Å². The first-order valence-corrected chi connectivity index (χ1v) is 7.52. The molecule has 1 aliphatic rings. The van der Waals surface area contributed by atoms with Crippen molar-refractivity contribution < 1.29 is 5.11 Å². The van der Waals surface area contributed by atoms with Crippen LogP contribution < -0.4 is 0 Å². The van der Waals surface area contributed by atoms with Gasteiger partial charge in [0.25, 0.3) is 0 Å². The molecule has 0 spiro atoms. The highest BCUT2D eigenvalue weighted by Gasteiger charge is 2.30. The molecule has 1 aromatic carbocycles. The van der Waals surface area contributed by atoms with Crippen LogP contribution in [0.2, 0.25) is 0 Å². The predicted octanol–water partition coefficient (Wildman–Crippen LogP) is 3.42.